The van der Waals surface area contributed by atoms with Gasteiger partial charge in [-0.3, -0.25) is 4.99 Å². The first-order valence-electron chi connectivity index (χ1n) is 7.79. The van der Waals surface area contributed by atoms with Crippen LogP contribution in [0.3, 0.4) is 0 Å². The number of benzene rings is 2. The zero-order valence-electron chi connectivity index (χ0n) is 13.5. The highest BCUT2D eigenvalue weighted by Crippen LogP contribution is 2.37. The highest BCUT2D eigenvalue weighted by atomic mass is 127. The van der Waals surface area contributed by atoms with Crippen LogP contribution in [0.5, 0.6) is 11.5 Å². The van der Waals surface area contributed by atoms with E-state index in [2.05, 4.69) is 33.6 Å². The van der Waals surface area contributed by atoms with Gasteiger partial charge in [0, 0.05) is 33.5 Å². The molecule has 0 bridgehead atoms. The minimum absolute atomic E-state index is 0.281. The van der Waals surface area contributed by atoms with E-state index >= 15 is 0 Å². The van der Waals surface area contributed by atoms with Gasteiger partial charge in [-0.15, -0.1) is 11.8 Å². The summed E-state index contributed by atoms with van der Waals surface area (Å²) in [4.78, 5) is 4.54. The molecule has 3 rings (SSSR count). The maximum atomic E-state index is 6.23. The van der Waals surface area contributed by atoms with Crippen LogP contribution in [0.15, 0.2) is 35.3 Å². The van der Waals surface area contributed by atoms with Crippen LogP contribution in [0.25, 0.3) is 0 Å². The lowest BCUT2D eigenvalue weighted by molar-refractivity contribution is 0.267. The molecule has 0 atom stereocenters. The second-order valence-electron chi connectivity index (χ2n) is 5.24. The largest absolute Gasteiger partial charge is 0.490 e. The van der Waals surface area contributed by atoms with Gasteiger partial charge in [-0.05, 0) is 53.8 Å². The van der Waals surface area contributed by atoms with Crippen LogP contribution in [0.1, 0.15) is 18.1 Å². The molecule has 0 fully saturated rings. The number of thioether (sulfide) groups is 1. The molecule has 0 unspecified atom stereocenters. The monoisotopic (exact) mass is 507 g/mol. The van der Waals surface area contributed by atoms with Crippen LogP contribution < -0.4 is 9.47 Å². The van der Waals surface area contributed by atoms with Gasteiger partial charge in [0.1, 0.15) is 6.61 Å². The molecule has 1 aliphatic rings. The van der Waals surface area contributed by atoms with Gasteiger partial charge in [0.15, 0.2) is 11.5 Å². The van der Waals surface area contributed by atoms with E-state index in [0.29, 0.717) is 28.2 Å². The molecule has 3 nitrogen and oxygen atoms in total. The molecule has 7 heteroatoms. The summed E-state index contributed by atoms with van der Waals surface area (Å²) >= 11 is 16.5. The lowest BCUT2D eigenvalue weighted by atomic mass is 10.2. The highest BCUT2D eigenvalue weighted by molar-refractivity contribution is 14.1. The van der Waals surface area contributed by atoms with E-state index in [1.165, 1.54) is 0 Å². The normalized spacial score (nSPS) is 13.7. The SMILES string of the molecule is CCOc1cc(C2=NCCS2)cc(I)c1OCc1c(Cl)cccc1Cl. The Kier molecular flexibility index (Phi) is 6.77. The average Bonchev–Trinajstić information content (AvgIpc) is 3.11. The number of rotatable bonds is 6. The van der Waals surface area contributed by atoms with Gasteiger partial charge in [-0.25, -0.2) is 0 Å². The third kappa shape index (κ3) is 4.56. The predicted octanol–water partition coefficient (Wildman–Crippen LogP) is 6.07. The van der Waals surface area contributed by atoms with Crippen LogP contribution in [-0.2, 0) is 6.61 Å². The van der Waals surface area contributed by atoms with Crippen molar-refractivity contribution < 1.29 is 9.47 Å². The zero-order valence-corrected chi connectivity index (χ0v) is 18.0. The first-order valence-corrected chi connectivity index (χ1v) is 10.6. The number of hydrogen-bond acceptors (Lipinski definition) is 4. The van der Waals surface area contributed by atoms with Crippen molar-refractivity contribution in [1.82, 2.24) is 0 Å². The van der Waals surface area contributed by atoms with Crippen molar-refractivity contribution in [3.05, 3.63) is 55.1 Å². The molecule has 25 heavy (non-hydrogen) atoms. The molecular weight excluding hydrogens is 492 g/mol. The summed E-state index contributed by atoms with van der Waals surface area (Å²) < 4.78 is 12.8. The fourth-order valence-electron chi connectivity index (χ4n) is 2.42. The van der Waals surface area contributed by atoms with Crippen molar-refractivity contribution in [1.29, 1.82) is 0 Å². The first-order chi connectivity index (χ1) is 12.1. The molecule has 132 valence electrons. The topological polar surface area (TPSA) is 30.8 Å². The quantitative estimate of drug-likeness (QED) is 0.444. The fraction of sp³-hybridized carbons (Fsp3) is 0.278. The van der Waals surface area contributed by atoms with Gasteiger partial charge in [0.2, 0.25) is 0 Å². The Hall–Kier alpha value is -0.630. The van der Waals surface area contributed by atoms with E-state index in [0.717, 1.165) is 32.0 Å². The second-order valence-corrected chi connectivity index (χ2v) is 8.30. The molecule has 0 spiro atoms. The number of ether oxygens (including phenoxy) is 2. The number of halogens is 3. The first kappa shape index (κ1) is 19.1. The molecule has 0 saturated carbocycles. The Bertz CT molecular complexity index is 794. The van der Waals surface area contributed by atoms with E-state index in [-0.39, 0.29) is 6.61 Å². The van der Waals surface area contributed by atoms with Gasteiger partial charge < -0.3 is 9.47 Å². The lowest BCUT2D eigenvalue weighted by Gasteiger charge is -2.16. The van der Waals surface area contributed by atoms with E-state index in [1.807, 2.05) is 19.1 Å². The fourth-order valence-corrected chi connectivity index (χ4v) is 4.53. The van der Waals surface area contributed by atoms with Crippen LogP contribution in [0, 0.1) is 3.57 Å². The molecule has 1 heterocycles. The van der Waals surface area contributed by atoms with Crippen LogP contribution >= 0.6 is 57.6 Å². The van der Waals surface area contributed by atoms with Gasteiger partial charge in [0.25, 0.3) is 0 Å². The minimum Gasteiger partial charge on any atom is -0.490 e. The maximum Gasteiger partial charge on any atom is 0.175 e. The van der Waals surface area contributed by atoms with Crippen LogP contribution in [0.2, 0.25) is 10.0 Å². The van der Waals surface area contributed by atoms with E-state index in [4.69, 9.17) is 32.7 Å². The van der Waals surface area contributed by atoms with Crippen molar-refractivity contribution in [3.63, 3.8) is 0 Å². The summed E-state index contributed by atoms with van der Waals surface area (Å²) in [5.41, 5.74) is 1.84. The summed E-state index contributed by atoms with van der Waals surface area (Å²) in [5, 5.41) is 2.24. The number of aliphatic imine (C=N–C) groups is 1. The van der Waals surface area contributed by atoms with Crippen molar-refractivity contribution >= 4 is 62.6 Å². The number of hydrogen-bond donors (Lipinski definition) is 0. The summed E-state index contributed by atoms with van der Waals surface area (Å²) in [5.74, 6) is 2.44. The number of nitrogens with zero attached hydrogens (tertiary/aromatic N) is 1. The predicted molar refractivity (Wildman–Crippen MR) is 115 cm³/mol. The average molecular weight is 508 g/mol. The summed E-state index contributed by atoms with van der Waals surface area (Å²) in [6.45, 7) is 3.66. The molecule has 0 aliphatic carbocycles. The Labute approximate surface area is 175 Å². The van der Waals surface area contributed by atoms with Gasteiger partial charge in [-0.1, -0.05) is 29.3 Å². The molecule has 2 aromatic carbocycles. The Morgan fingerprint density at radius 3 is 2.60 bits per heavy atom. The Morgan fingerprint density at radius 1 is 1.20 bits per heavy atom. The highest BCUT2D eigenvalue weighted by Gasteiger charge is 2.18. The van der Waals surface area contributed by atoms with Gasteiger partial charge in [-0.2, -0.15) is 0 Å². The third-order valence-corrected chi connectivity index (χ3v) is 6.10. The smallest absolute Gasteiger partial charge is 0.175 e. The van der Waals surface area contributed by atoms with E-state index < -0.39 is 0 Å². The molecule has 0 N–H and O–H groups in total. The third-order valence-electron chi connectivity index (χ3n) is 3.56. The Balaban J connectivity index is 1.89. The molecule has 0 amide bonds. The molecule has 0 saturated heterocycles. The van der Waals surface area contributed by atoms with Crippen molar-refractivity contribution in [2.24, 2.45) is 4.99 Å². The van der Waals surface area contributed by atoms with Crippen molar-refractivity contribution in [3.8, 4) is 11.5 Å². The maximum absolute atomic E-state index is 6.23. The molecular formula is C18H16Cl2INO2S. The minimum atomic E-state index is 0.281. The molecule has 0 radical (unpaired) electrons. The Morgan fingerprint density at radius 2 is 1.96 bits per heavy atom. The van der Waals surface area contributed by atoms with E-state index in [1.54, 1.807) is 23.9 Å². The van der Waals surface area contributed by atoms with E-state index in [9.17, 15) is 0 Å². The lowest BCUT2D eigenvalue weighted by Crippen LogP contribution is -2.04. The molecule has 1 aliphatic heterocycles. The van der Waals surface area contributed by atoms with Crippen molar-refractivity contribution in [2.45, 2.75) is 13.5 Å². The molecule has 0 aromatic heterocycles. The molecule has 2 aromatic rings. The standard InChI is InChI=1S/C18H16Cl2INO2S/c1-2-23-16-9-11(18-22-6-7-25-18)8-15(21)17(16)24-10-12-13(19)4-3-5-14(12)20/h3-5,8-9H,2,6-7,10H2,1H3. The summed E-state index contributed by atoms with van der Waals surface area (Å²) in [6, 6.07) is 9.49. The van der Waals surface area contributed by atoms with Gasteiger partial charge >= 0.3 is 0 Å². The van der Waals surface area contributed by atoms with Crippen molar-refractivity contribution in [2.75, 3.05) is 18.9 Å². The zero-order chi connectivity index (χ0) is 17.8. The van der Waals surface area contributed by atoms with Gasteiger partial charge in [0.05, 0.1) is 15.2 Å². The second kappa shape index (κ2) is 8.84. The summed E-state index contributed by atoms with van der Waals surface area (Å²) in [7, 11) is 0. The summed E-state index contributed by atoms with van der Waals surface area (Å²) in [6.07, 6.45) is 0. The van der Waals surface area contributed by atoms with Crippen LogP contribution in [-0.4, -0.2) is 23.9 Å². The van der Waals surface area contributed by atoms with Crippen LogP contribution in [0.4, 0.5) is 0 Å².